The van der Waals surface area contributed by atoms with E-state index >= 15 is 0 Å². The monoisotopic (exact) mass is 322 g/mol. The third kappa shape index (κ3) is 2.84. The standard InChI is InChI=1S/C14H14N2O3S2/c1-10-2-3-11-7-16(8-12(11)6-10)13(17)9-21(18,19)14-15-4-5-20-14/h2-6H,7-9H2,1H3. The van der Waals surface area contributed by atoms with Crippen LogP contribution in [0.2, 0.25) is 0 Å². The molecule has 1 aliphatic rings. The first kappa shape index (κ1) is 14.2. The molecule has 1 aliphatic heterocycles. The summed E-state index contributed by atoms with van der Waals surface area (Å²) in [5.74, 6) is -0.896. The van der Waals surface area contributed by atoms with Crippen molar-refractivity contribution in [2.75, 3.05) is 5.75 Å². The second kappa shape index (κ2) is 5.23. The number of hydrogen-bond donors (Lipinski definition) is 0. The summed E-state index contributed by atoms with van der Waals surface area (Å²) in [7, 11) is -3.63. The summed E-state index contributed by atoms with van der Waals surface area (Å²) in [6, 6.07) is 6.03. The molecule has 1 aromatic carbocycles. The van der Waals surface area contributed by atoms with Crippen molar-refractivity contribution in [3.8, 4) is 0 Å². The number of carbonyl (C=O) groups is 1. The van der Waals surface area contributed by atoms with E-state index in [-0.39, 0.29) is 10.2 Å². The molecule has 0 bridgehead atoms. The van der Waals surface area contributed by atoms with Crippen LogP contribution in [0.25, 0.3) is 0 Å². The second-order valence-electron chi connectivity index (χ2n) is 5.08. The van der Waals surface area contributed by atoms with Crippen LogP contribution in [0.15, 0.2) is 34.1 Å². The SMILES string of the molecule is Cc1ccc2c(c1)CN(C(=O)CS(=O)(=O)c1nccs1)C2. The Morgan fingerprint density at radius 2 is 2.10 bits per heavy atom. The molecule has 7 heteroatoms. The summed E-state index contributed by atoms with van der Waals surface area (Å²) >= 11 is 1.03. The number of benzene rings is 1. The third-order valence-corrected chi connectivity index (χ3v) is 6.31. The van der Waals surface area contributed by atoms with Crippen LogP contribution in [-0.2, 0) is 27.7 Å². The second-order valence-corrected chi connectivity index (χ2v) is 8.14. The van der Waals surface area contributed by atoms with Gasteiger partial charge in [-0.3, -0.25) is 4.79 Å². The highest BCUT2D eigenvalue weighted by molar-refractivity contribution is 7.93. The maximum Gasteiger partial charge on any atom is 0.238 e. The van der Waals surface area contributed by atoms with Crippen LogP contribution in [-0.4, -0.2) is 30.0 Å². The first-order valence-corrected chi connectivity index (χ1v) is 8.97. The fraction of sp³-hybridized carbons (Fsp3) is 0.286. The Hall–Kier alpha value is -1.73. The molecule has 1 aromatic heterocycles. The molecule has 0 fully saturated rings. The Labute approximate surface area is 127 Å². The average molecular weight is 322 g/mol. The Bertz CT molecular complexity index is 783. The van der Waals surface area contributed by atoms with Crippen molar-refractivity contribution < 1.29 is 13.2 Å². The van der Waals surface area contributed by atoms with Crippen molar-refractivity contribution in [3.63, 3.8) is 0 Å². The van der Waals surface area contributed by atoms with E-state index in [1.54, 1.807) is 10.3 Å². The first-order valence-electron chi connectivity index (χ1n) is 6.44. The van der Waals surface area contributed by atoms with Gasteiger partial charge in [-0.1, -0.05) is 23.8 Å². The molecule has 0 aliphatic carbocycles. The van der Waals surface area contributed by atoms with E-state index in [2.05, 4.69) is 4.98 Å². The summed E-state index contributed by atoms with van der Waals surface area (Å²) < 4.78 is 24.2. The lowest BCUT2D eigenvalue weighted by atomic mass is 10.1. The van der Waals surface area contributed by atoms with Gasteiger partial charge in [0.15, 0.2) is 0 Å². The van der Waals surface area contributed by atoms with E-state index in [9.17, 15) is 13.2 Å². The zero-order chi connectivity index (χ0) is 15.0. The van der Waals surface area contributed by atoms with Crippen molar-refractivity contribution in [2.24, 2.45) is 0 Å². The van der Waals surface area contributed by atoms with Crippen LogP contribution >= 0.6 is 11.3 Å². The van der Waals surface area contributed by atoms with Gasteiger partial charge >= 0.3 is 0 Å². The molecule has 0 saturated carbocycles. The Morgan fingerprint density at radius 1 is 1.33 bits per heavy atom. The molecule has 5 nitrogen and oxygen atoms in total. The smallest absolute Gasteiger partial charge is 0.238 e. The summed E-state index contributed by atoms with van der Waals surface area (Å²) in [4.78, 5) is 17.6. The minimum atomic E-state index is -3.63. The minimum Gasteiger partial charge on any atom is -0.333 e. The van der Waals surface area contributed by atoms with Crippen LogP contribution in [0.1, 0.15) is 16.7 Å². The number of amides is 1. The van der Waals surface area contributed by atoms with Gasteiger partial charge in [0.05, 0.1) is 0 Å². The Balaban J connectivity index is 1.74. The summed E-state index contributed by atoms with van der Waals surface area (Å²) in [6.07, 6.45) is 1.43. The van der Waals surface area contributed by atoms with Gasteiger partial charge in [-0.05, 0) is 18.1 Å². The van der Waals surface area contributed by atoms with Crippen LogP contribution in [0, 0.1) is 6.92 Å². The minimum absolute atomic E-state index is 0.00315. The van der Waals surface area contributed by atoms with E-state index in [1.165, 1.54) is 6.20 Å². The van der Waals surface area contributed by atoms with Crippen LogP contribution < -0.4 is 0 Å². The van der Waals surface area contributed by atoms with E-state index < -0.39 is 15.6 Å². The van der Waals surface area contributed by atoms with Gasteiger partial charge in [0.1, 0.15) is 5.75 Å². The first-order chi connectivity index (χ1) is 9.95. The fourth-order valence-electron chi connectivity index (χ4n) is 2.38. The summed E-state index contributed by atoms with van der Waals surface area (Å²) in [5, 5.41) is 1.59. The molecule has 0 unspecified atom stereocenters. The number of hydrogen-bond acceptors (Lipinski definition) is 5. The van der Waals surface area contributed by atoms with E-state index in [1.807, 2.05) is 25.1 Å². The highest BCUT2D eigenvalue weighted by Gasteiger charge is 2.29. The molecule has 2 heterocycles. The molecule has 1 amide bonds. The maximum atomic E-state index is 12.2. The van der Waals surface area contributed by atoms with E-state index in [0.717, 1.165) is 28.0 Å². The normalized spacial score (nSPS) is 14.2. The summed E-state index contributed by atoms with van der Waals surface area (Å²) in [6.45, 7) is 2.95. The van der Waals surface area contributed by atoms with Gasteiger partial charge in [0, 0.05) is 24.7 Å². The number of thiazole rings is 1. The molecule has 2 aromatic rings. The van der Waals surface area contributed by atoms with Crippen molar-refractivity contribution >= 4 is 27.1 Å². The van der Waals surface area contributed by atoms with Crippen LogP contribution in [0.5, 0.6) is 0 Å². The molecular weight excluding hydrogens is 308 g/mol. The predicted octanol–water partition coefficient (Wildman–Crippen LogP) is 1.77. The average Bonchev–Trinajstić information content (AvgIpc) is 3.07. The third-order valence-electron chi connectivity index (χ3n) is 3.43. The molecule has 0 saturated heterocycles. The molecule has 3 rings (SSSR count). The van der Waals surface area contributed by atoms with Crippen molar-refractivity contribution in [2.45, 2.75) is 24.4 Å². The Morgan fingerprint density at radius 3 is 2.81 bits per heavy atom. The molecule has 0 spiro atoms. The highest BCUT2D eigenvalue weighted by Crippen LogP contribution is 2.24. The van der Waals surface area contributed by atoms with Crippen molar-refractivity contribution in [1.29, 1.82) is 0 Å². The number of aryl methyl sites for hydroxylation is 1. The molecule has 110 valence electrons. The van der Waals surface area contributed by atoms with Gasteiger partial charge in [-0.15, -0.1) is 11.3 Å². The fourth-order valence-corrected chi connectivity index (χ4v) is 4.52. The largest absolute Gasteiger partial charge is 0.333 e. The van der Waals surface area contributed by atoms with Crippen LogP contribution in [0.4, 0.5) is 0 Å². The topological polar surface area (TPSA) is 67.3 Å². The van der Waals surface area contributed by atoms with Gasteiger partial charge < -0.3 is 4.90 Å². The number of rotatable bonds is 3. The van der Waals surface area contributed by atoms with E-state index in [0.29, 0.717) is 13.1 Å². The van der Waals surface area contributed by atoms with Crippen molar-refractivity contribution in [1.82, 2.24) is 9.88 Å². The lowest BCUT2D eigenvalue weighted by molar-refractivity contribution is -0.129. The number of aromatic nitrogens is 1. The molecule has 0 radical (unpaired) electrons. The highest BCUT2D eigenvalue weighted by atomic mass is 32.2. The zero-order valence-corrected chi connectivity index (χ0v) is 13.1. The Kier molecular flexibility index (Phi) is 3.54. The van der Waals surface area contributed by atoms with Gasteiger partial charge in [-0.2, -0.15) is 0 Å². The number of carbonyl (C=O) groups excluding carboxylic acids is 1. The van der Waals surface area contributed by atoms with Gasteiger partial charge in [0.2, 0.25) is 20.1 Å². The van der Waals surface area contributed by atoms with E-state index in [4.69, 9.17) is 0 Å². The predicted molar refractivity (Wildman–Crippen MR) is 79.6 cm³/mol. The quantitative estimate of drug-likeness (QED) is 0.864. The molecular formula is C14H14N2O3S2. The number of sulfone groups is 1. The van der Waals surface area contributed by atoms with Gasteiger partial charge in [0.25, 0.3) is 0 Å². The number of fused-ring (bicyclic) bond motifs is 1. The lowest BCUT2D eigenvalue weighted by Crippen LogP contribution is -2.31. The van der Waals surface area contributed by atoms with Crippen LogP contribution in [0.3, 0.4) is 0 Å². The van der Waals surface area contributed by atoms with Gasteiger partial charge in [-0.25, -0.2) is 13.4 Å². The number of nitrogens with zero attached hydrogens (tertiary/aromatic N) is 2. The summed E-state index contributed by atoms with van der Waals surface area (Å²) in [5.41, 5.74) is 3.31. The lowest BCUT2D eigenvalue weighted by Gasteiger charge is -2.14. The van der Waals surface area contributed by atoms with Crippen molar-refractivity contribution in [3.05, 3.63) is 46.5 Å². The molecule has 0 atom stereocenters. The maximum absolute atomic E-state index is 12.2. The zero-order valence-electron chi connectivity index (χ0n) is 11.4. The molecule has 0 N–H and O–H groups in total. The molecule has 21 heavy (non-hydrogen) atoms.